The minimum atomic E-state index is -0.783. The third-order valence-corrected chi connectivity index (χ3v) is 6.08. The first-order valence-corrected chi connectivity index (χ1v) is 13.1. The number of unbranched alkanes of at least 4 members (excludes halogenated alkanes) is 2. The summed E-state index contributed by atoms with van der Waals surface area (Å²) in [6.45, 7) is 5.66. The SMILES string of the molecule is CCCCCC(=O)CSCc1occc1NC(=O)[C@H](CC(C)C)NC(=O)COc1cccc(F)c1. The number of hydrogen-bond donors (Lipinski definition) is 2. The van der Waals surface area contributed by atoms with Crippen molar-refractivity contribution in [3.05, 3.63) is 48.2 Å². The predicted molar refractivity (Wildman–Crippen MR) is 136 cm³/mol. The molecule has 0 unspecified atom stereocenters. The maximum Gasteiger partial charge on any atom is 0.258 e. The van der Waals surface area contributed by atoms with Crippen molar-refractivity contribution in [2.75, 3.05) is 17.7 Å². The number of rotatable bonds is 16. The van der Waals surface area contributed by atoms with Crippen LogP contribution in [0.1, 0.15) is 58.6 Å². The van der Waals surface area contributed by atoms with Crippen molar-refractivity contribution in [3.63, 3.8) is 0 Å². The molecule has 0 aliphatic rings. The summed E-state index contributed by atoms with van der Waals surface area (Å²) in [5.41, 5.74) is 0.514. The van der Waals surface area contributed by atoms with Crippen molar-refractivity contribution in [1.82, 2.24) is 5.32 Å². The van der Waals surface area contributed by atoms with Crippen LogP contribution in [0.4, 0.5) is 10.1 Å². The summed E-state index contributed by atoms with van der Waals surface area (Å²) in [6, 6.07) is 6.37. The quantitative estimate of drug-likeness (QED) is 0.298. The lowest BCUT2D eigenvalue weighted by molar-refractivity contribution is -0.128. The fraction of sp³-hybridized carbons (Fsp3) is 0.500. The standard InChI is InChI=1S/C26H35FN2O5S/c1-4-5-6-9-20(30)16-35-17-24-22(11-12-33-24)29-26(32)23(13-18(2)3)28-25(31)15-34-21-10-7-8-19(27)14-21/h7-8,10-12,14,18,23H,4-6,9,13,15-17H2,1-3H3,(H,28,31)(H,29,32)/t23-/m0/s1. The van der Waals surface area contributed by atoms with Gasteiger partial charge in [-0.3, -0.25) is 14.4 Å². The highest BCUT2D eigenvalue weighted by Gasteiger charge is 2.23. The van der Waals surface area contributed by atoms with Gasteiger partial charge in [0, 0.05) is 18.6 Å². The lowest BCUT2D eigenvalue weighted by atomic mass is 10.0. The fourth-order valence-corrected chi connectivity index (χ4v) is 4.21. The van der Waals surface area contributed by atoms with E-state index in [0.29, 0.717) is 35.8 Å². The Morgan fingerprint density at radius 2 is 1.97 bits per heavy atom. The fourth-order valence-electron chi connectivity index (χ4n) is 3.33. The Morgan fingerprint density at radius 1 is 1.17 bits per heavy atom. The van der Waals surface area contributed by atoms with Gasteiger partial charge in [0.2, 0.25) is 5.91 Å². The number of halogens is 1. The molecule has 0 saturated heterocycles. The number of nitrogens with one attached hydrogen (secondary N) is 2. The average Bonchev–Trinajstić information content (AvgIpc) is 3.24. The number of thioether (sulfide) groups is 1. The summed E-state index contributed by atoms with van der Waals surface area (Å²) in [6.07, 6.45) is 5.53. The Kier molecular flexibility index (Phi) is 12.4. The molecule has 0 saturated carbocycles. The van der Waals surface area contributed by atoms with E-state index in [4.69, 9.17) is 9.15 Å². The van der Waals surface area contributed by atoms with Gasteiger partial charge >= 0.3 is 0 Å². The van der Waals surface area contributed by atoms with Crippen LogP contribution in [0.15, 0.2) is 41.0 Å². The highest BCUT2D eigenvalue weighted by Crippen LogP contribution is 2.23. The van der Waals surface area contributed by atoms with Crippen molar-refractivity contribution in [2.24, 2.45) is 5.92 Å². The number of ketones is 1. The zero-order chi connectivity index (χ0) is 25.6. The molecule has 2 amide bonds. The molecule has 1 aromatic carbocycles. The van der Waals surface area contributed by atoms with Gasteiger partial charge in [0.15, 0.2) is 6.61 Å². The van der Waals surface area contributed by atoms with Gasteiger partial charge in [-0.25, -0.2) is 4.39 Å². The summed E-state index contributed by atoms with van der Waals surface area (Å²) in [5.74, 6) is 0.674. The molecule has 2 N–H and O–H groups in total. The minimum Gasteiger partial charge on any atom is -0.484 e. The molecule has 0 fully saturated rings. The predicted octanol–water partition coefficient (Wildman–Crippen LogP) is 5.35. The Bertz CT molecular complexity index is 963. The number of hydrogen-bond acceptors (Lipinski definition) is 6. The van der Waals surface area contributed by atoms with Crippen LogP contribution >= 0.6 is 11.8 Å². The number of carbonyl (C=O) groups is 3. The molecular weight excluding hydrogens is 471 g/mol. The second-order valence-corrected chi connectivity index (χ2v) is 9.72. The van der Waals surface area contributed by atoms with E-state index >= 15 is 0 Å². The molecule has 9 heteroatoms. The van der Waals surface area contributed by atoms with Crippen molar-refractivity contribution < 1.29 is 27.9 Å². The largest absolute Gasteiger partial charge is 0.484 e. The average molecular weight is 507 g/mol. The third-order valence-electron chi connectivity index (χ3n) is 5.08. The van der Waals surface area contributed by atoms with Crippen molar-refractivity contribution in [2.45, 2.75) is 64.7 Å². The molecule has 0 radical (unpaired) electrons. The maximum atomic E-state index is 13.3. The molecule has 192 valence electrons. The van der Waals surface area contributed by atoms with Gasteiger partial charge in [0.25, 0.3) is 5.91 Å². The molecule has 0 spiro atoms. The van der Waals surface area contributed by atoms with Crippen LogP contribution in [0.5, 0.6) is 5.75 Å². The minimum absolute atomic E-state index is 0.147. The summed E-state index contributed by atoms with van der Waals surface area (Å²) >= 11 is 1.45. The molecule has 0 aliphatic carbocycles. The number of benzene rings is 1. The molecular formula is C26H35FN2O5S. The normalized spacial score (nSPS) is 11.8. The molecule has 2 rings (SSSR count). The van der Waals surface area contributed by atoms with E-state index in [9.17, 15) is 18.8 Å². The van der Waals surface area contributed by atoms with E-state index < -0.39 is 17.8 Å². The van der Waals surface area contributed by atoms with Gasteiger partial charge in [0.1, 0.15) is 29.2 Å². The number of Topliss-reactive ketones (excluding diaryl/α,β-unsaturated/α-hetero) is 1. The van der Waals surface area contributed by atoms with Crippen LogP contribution < -0.4 is 15.4 Å². The zero-order valence-electron chi connectivity index (χ0n) is 20.6. The van der Waals surface area contributed by atoms with Crippen molar-refractivity contribution in [1.29, 1.82) is 0 Å². The highest BCUT2D eigenvalue weighted by atomic mass is 32.2. The van der Waals surface area contributed by atoms with E-state index in [1.165, 1.54) is 36.2 Å². The summed E-state index contributed by atoms with van der Waals surface area (Å²) < 4.78 is 24.1. The first-order valence-electron chi connectivity index (χ1n) is 11.9. The highest BCUT2D eigenvalue weighted by molar-refractivity contribution is 7.99. The molecule has 1 aromatic heterocycles. The van der Waals surface area contributed by atoms with E-state index in [2.05, 4.69) is 17.6 Å². The summed E-state index contributed by atoms with van der Waals surface area (Å²) in [7, 11) is 0. The van der Waals surface area contributed by atoms with E-state index in [-0.39, 0.29) is 30.0 Å². The van der Waals surface area contributed by atoms with Crippen LogP contribution in [0.25, 0.3) is 0 Å². The molecule has 35 heavy (non-hydrogen) atoms. The lowest BCUT2D eigenvalue weighted by Crippen LogP contribution is -2.46. The smallest absolute Gasteiger partial charge is 0.258 e. The maximum absolute atomic E-state index is 13.3. The van der Waals surface area contributed by atoms with Gasteiger partial charge in [-0.05, 0) is 30.9 Å². The van der Waals surface area contributed by atoms with Crippen LogP contribution in [-0.4, -0.2) is 36.0 Å². The van der Waals surface area contributed by atoms with Crippen LogP contribution in [0.2, 0.25) is 0 Å². The van der Waals surface area contributed by atoms with E-state index in [0.717, 1.165) is 19.3 Å². The van der Waals surface area contributed by atoms with Crippen LogP contribution in [0, 0.1) is 11.7 Å². The van der Waals surface area contributed by atoms with E-state index in [1.54, 1.807) is 12.1 Å². The number of amides is 2. The van der Waals surface area contributed by atoms with Crippen LogP contribution in [-0.2, 0) is 20.1 Å². The Hall–Kier alpha value is -2.81. The molecule has 7 nitrogen and oxygen atoms in total. The van der Waals surface area contributed by atoms with Gasteiger partial charge in [-0.1, -0.05) is 39.7 Å². The molecule has 0 bridgehead atoms. The number of furan rings is 1. The van der Waals surface area contributed by atoms with E-state index in [1.807, 2.05) is 13.8 Å². The van der Waals surface area contributed by atoms with Gasteiger partial charge in [0.05, 0.1) is 23.5 Å². The molecule has 1 atom stereocenters. The lowest BCUT2D eigenvalue weighted by Gasteiger charge is -2.20. The number of anilines is 1. The third kappa shape index (κ3) is 11.0. The van der Waals surface area contributed by atoms with Crippen molar-refractivity contribution in [3.8, 4) is 5.75 Å². The summed E-state index contributed by atoms with van der Waals surface area (Å²) in [4.78, 5) is 37.3. The number of ether oxygens (including phenoxy) is 1. The Labute approximate surface area is 210 Å². The molecule has 1 heterocycles. The van der Waals surface area contributed by atoms with Gasteiger partial charge in [-0.15, -0.1) is 11.8 Å². The molecule has 2 aromatic rings. The first kappa shape index (κ1) is 28.4. The first-order chi connectivity index (χ1) is 16.8. The topological polar surface area (TPSA) is 97.6 Å². The van der Waals surface area contributed by atoms with Gasteiger partial charge in [-0.2, -0.15) is 0 Å². The monoisotopic (exact) mass is 506 g/mol. The Morgan fingerprint density at radius 3 is 2.69 bits per heavy atom. The second-order valence-electron chi connectivity index (χ2n) is 8.73. The molecule has 0 aliphatic heterocycles. The Balaban J connectivity index is 1.88. The van der Waals surface area contributed by atoms with Gasteiger partial charge < -0.3 is 19.8 Å². The second kappa shape index (κ2) is 15.2. The summed E-state index contributed by atoms with van der Waals surface area (Å²) in [5, 5.41) is 5.52. The van der Waals surface area contributed by atoms with Crippen molar-refractivity contribution >= 4 is 35.0 Å². The zero-order valence-corrected chi connectivity index (χ0v) is 21.4. The van der Waals surface area contributed by atoms with Crippen LogP contribution in [0.3, 0.4) is 0 Å². The number of carbonyl (C=O) groups excluding carboxylic acids is 3.